The maximum absolute atomic E-state index is 11.8. The van der Waals surface area contributed by atoms with Gasteiger partial charge in [-0.25, -0.2) is 9.59 Å². The van der Waals surface area contributed by atoms with Crippen LogP contribution < -0.4 is 10.6 Å². The van der Waals surface area contributed by atoms with Crippen molar-refractivity contribution in [1.82, 2.24) is 20.4 Å². The van der Waals surface area contributed by atoms with Crippen molar-refractivity contribution in [2.45, 2.75) is 39.8 Å². The Morgan fingerprint density at radius 3 is 2.60 bits per heavy atom. The van der Waals surface area contributed by atoms with E-state index in [1.807, 2.05) is 20.0 Å². The second-order valence-electron chi connectivity index (χ2n) is 4.94. The van der Waals surface area contributed by atoms with Gasteiger partial charge in [-0.2, -0.15) is 5.10 Å². The van der Waals surface area contributed by atoms with E-state index in [0.29, 0.717) is 13.0 Å². The first-order valence-electron chi connectivity index (χ1n) is 6.61. The van der Waals surface area contributed by atoms with Crippen LogP contribution in [0.15, 0.2) is 6.20 Å². The van der Waals surface area contributed by atoms with Crippen LogP contribution in [0.1, 0.15) is 31.5 Å². The van der Waals surface area contributed by atoms with E-state index in [2.05, 4.69) is 15.7 Å². The number of carboxylic acid groups (broad SMARTS) is 1. The molecule has 1 rings (SSSR count). The highest BCUT2D eigenvalue weighted by atomic mass is 16.4. The average Bonchev–Trinajstić information content (AvgIpc) is 2.70. The van der Waals surface area contributed by atoms with Gasteiger partial charge < -0.3 is 15.7 Å². The minimum Gasteiger partial charge on any atom is -0.480 e. The number of hydrogen-bond acceptors (Lipinski definition) is 3. The van der Waals surface area contributed by atoms with Gasteiger partial charge in [0.1, 0.15) is 6.04 Å². The van der Waals surface area contributed by atoms with Crippen molar-refractivity contribution >= 4 is 12.0 Å². The summed E-state index contributed by atoms with van der Waals surface area (Å²) in [5, 5.41) is 18.4. The topological polar surface area (TPSA) is 96.3 Å². The zero-order chi connectivity index (χ0) is 15.3. The van der Waals surface area contributed by atoms with E-state index >= 15 is 0 Å². The molecule has 112 valence electrons. The first kappa shape index (κ1) is 16.0. The van der Waals surface area contributed by atoms with Gasteiger partial charge in [0.2, 0.25) is 0 Å². The number of rotatable bonds is 6. The Balaban J connectivity index is 2.54. The summed E-state index contributed by atoms with van der Waals surface area (Å²) in [4.78, 5) is 22.9. The number of carbonyl (C=O) groups is 2. The fraction of sp³-hybridized carbons (Fsp3) is 0.615. The van der Waals surface area contributed by atoms with Crippen molar-refractivity contribution in [1.29, 1.82) is 0 Å². The summed E-state index contributed by atoms with van der Waals surface area (Å²) in [6, 6.07) is -1.36. The number of aryl methyl sites for hydroxylation is 2. The van der Waals surface area contributed by atoms with E-state index in [-0.39, 0.29) is 5.92 Å². The van der Waals surface area contributed by atoms with Crippen molar-refractivity contribution in [3.05, 3.63) is 17.5 Å². The summed E-state index contributed by atoms with van der Waals surface area (Å²) in [6.45, 7) is 5.86. The fourth-order valence-electron chi connectivity index (χ4n) is 1.87. The highest BCUT2D eigenvalue weighted by Gasteiger charge is 2.25. The number of urea groups is 1. The normalized spacial score (nSPS) is 13.6. The summed E-state index contributed by atoms with van der Waals surface area (Å²) in [7, 11) is 1.81. The third kappa shape index (κ3) is 4.25. The molecule has 2 atom stereocenters. The molecule has 3 N–H and O–H groups in total. The van der Waals surface area contributed by atoms with Crippen LogP contribution in [0.4, 0.5) is 4.79 Å². The number of carboxylic acids is 1. The zero-order valence-electron chi connectivity index (χ0n) is 12.3. The number of nitrogens with zero attached hydrogens (tertiary/aromatic N) is 2. The van der Waals surface area contributed by atoms with Crippen LogP contribution in [0.5, 0.6) is 0 Å². The van der Waals surface area contributed by atoms with Gasteiger partial charge in [0.25, 0.3) is 0 Å². The van der Waals surface area contributed by atoms with E-state index < -0.39 is 18.0 Å². The van der Waals surface area contributed by atoms with Crippen LogP contribution >= 0.6 is 0 Å². The van der Waals surface area contributed by atoms with E-state index in [9.17, 15) is 9.59 Å². The maximum atomic E-state index is 11.8. The summed E-state index contributed by atoms with van der Waals surface area (Å²) in [5.41, 5.74) is 1.74. The predicted octanol–water partition coefficient (Wildman–Crippen LogP) is 1.03. The van der Waals surface area contributed by atoms with Crippen molar-refractivity contribution < 1.29 is 14.7 Å². The van der Waals surface area contributed by atoms with Crippen LogP contribution in [-0.2, 0) is 18.4 Å². The SMILES string of the molecule is CCC(C)[C@H](NC(=O)NCc1cn(C)nc1C)C(=O)O. The van der Waals surface area contributed by atoms with E-state index in [1.54, 1.807) is 18.7 Å². The Kier molecular flexibility index (Phi) is 5.54. The Morgan fingerprint density at radius 1 is 1.50 bits per heavy atom. The van der Waals surface area contributed by atoms with E-state index in [1.165, 1.54) is 0 Å². The number of aliphatic carboxylic acids is 1. The van der Waals surface area contributed by atoms with Gasteiger partial charge in [-0.15, -0.1) is 0 Å². The number of aromatic nitrogens is 2. The third-order valence-electron chi connectivity index (χ3n) is 3.32. The van der Waals surface area contributed by atoms with Gasteiger partial charge >= 0.3 is 12.0 Å². The average molecular weight is 282 g/mol. The van der Waals surface area contributed by atoms with Gasteiger partial charge in [0.15, 0.2) is 0 Å². The molecular weight excluding hydrogens is 260 g/mol. The fourth-order valence-corrected chi connectivity index (χ4v) is 1.87. The molecule has 2 amide bonds. The standard InChI is InChI=1S/C13H22N4O3/c1-5-8(2)11(12(18)19)15-13(20)14-6-10-7-17(4)16-9(10)3/h7-8,11H,5-6H2,1-4H3,(H,18,19)(H2,14,15,20)/t8?,11-/m0/s1. The highest BCUT2D eigenvalue weighted by Crippen LogP contribution is 2.08. The Labute approximate surface area is 118 Å². The van der Waals surface area contributed by atoms with Crippen molar-refractivity contribution in [3.63, 3.8) is 0 Å². The molecule has 1 aromatic rings. The van der Waals surface area contributed by atoms with Crippen LogP contribution in [0, 0.1) is 12.8 Å². The van der Waals surface area contributed by atoms with Crippen LogP contribution in [-0.4, -0.2) is 32.9 Å². The quantitative estimate of drug-likeness (QED) is 0.726. The van der Waals surface area contributed by atoms with E-state index in [0.717, 1.165) is 11.3 Å². The summed E-state index contributed by atoms with van der Waals surface area (Å²) < 4.78 is 1.67. The minimum absolute atomic E-state index is 0.127. The van der Waals surface area contributed by atoms with Gasteiger partial charge in [0, 0.05) is 25.4 Å². The molecule has 0 saturated carbocycles. The molecule has 7 heteroatoms. The molecule has 0 fully saturated rings. The molecule has 0 radical (unpaired) electrons. The molecule has 0 aliphatic heterocycles. The zero-order valence-corrected chi connectivity index (χ0v) is 12.3. The smallest absolute Gasteiger partial charge is 0.326 e. The molecule has 1 heterocycles. The first-order valence-corrected chi connectivity index (χ1v) is 6.61. The van der Waals surface area contributed by atoms with Gasteiger partial charge in [-0.3, -0.25) is 4.68 Å². The first-order chi connectivity index (χ1) is 9.35. The molecule has 0 aromatic carbocycles. The molecule has 20 heavy (non-hydrogen) atoms. The minimum atomic E-state index is -1.02. The summed E-state index contributed by atoms with van der Waals surface area (Å²) >= 11 is 0. The van der Waals surface area contributed by atoms with Crippen LogP contribution in [0.2, 0.25) is 0 Å². The molecular formula is C13H22N4O3. The lowest BCUT2D eigenvalue weighted by atomic mass is 9.99. The van der Waals surface area contributed by atoms with Crippen molar-refractivity contribution in [2.24, 2.45) is 13.0 Å². The lowest BCUT2D eigenvalue weighted by Crippen LogP contribution is -2.48. The highest BCUT2D eigenvalue weighted by molar-refractivity contribution is 5.82. The van der Waals surface area contributed by atoms with Gasteiger partial charge in [0.05, 0.1) is 5.69 Å². The number of carbonyl (C=O) groups excluding carboxylic acids is 1. The van der Waals surface area contributed by atoms with Crippen molar-refractivity contribution in [2.75, 3.05) is 0 Å². The lowest BCUT2D eigenvalue weighted by Gasteiger charge is -2.20. The number of nitrogens with one attached hydrogen (secondary N) is 2. The predicted molar refractivity (Wildman–Crippen MR) is 74.2 cm³/mol. The van der Waals surface area contributed by atoms with Gasteiger partial charge in [-0.1, -0.05) is 20.3 Å². The second kappa shape index (κ2) is 6.93. The Morgan fingerprint density at radius 2 is 2.15 bits per heavy atom. The molecule has 7 nitrogen and oxygen atoms in total. The molecule has 0 bridgehead atoms. The maximum Gasteiger partial charge on any atom is 0.326 e. The monoisotopic (exact) mass is 282 g/mol. The van der Waals surface area contributed by atoms with Crippen molar-refractivity contribution in [3.8, 4) is 0 Å². The summed E-state index contributed by atoms with van der Waals surface area (Å²) in [6.07, 6.45) is 2.50. The van der Waals surface area contributed by atoms with Crippen LogP contribution in [0.3, 0.4) is 0 Å². The molecule has 0 saturated heterocycles. The molecule has 0 spiro atoms. The molecule has 1 unspecified atom stereocenters. The lowest BCUT2D eigenvalue weighted by molar-refractivity contribution is -0.140. The number of amides is 2. The Hall–Kier alpha value is -2.05. The third-order valence-corrected chi connectivity index (χ3v) is 3.32. The van der Waals surface area contributed by atoms with E-state index in [4.69, 9.17) is 5.11 Å². The molecule has 0 aliphatic carbocycles. The summed E-state index contributed by atoms with van der Waals surface area (Å²) in [5.74, 6) is -1.15. The van der Waals surface area contributed by atoms with Gasteiger partial charge in [-0.05, 0) is 12.8 Å². The second-order valence-corrected chi connectivity index (χ2v) is 4.94. The molecule has 0 aliphatic rings. The Bertz CT molecular complexity index is 484. The van der Waals surface area contributed by atoms with Crippen LogP contribution in [0.25, 0.3) is 0 Å². The molecule has 1 aromatic heterocycles. The number of hydrogen-bond donors (Lipinski definition) is 3. The largest absolute Gasteiger partial charge is 0.480 e.